The molecule has 19 heavy (non-hydrogen) atoms. The smallest absolute Gasteiger partial charge is 0.237 e. The second-order valence-corrected chi connectivity index (χ2v) is 6.33. The molecule has 0 radical (unpaired) electrons. The number of thiophene rings is 1. The molecule has 0 saturated carbocycles. The van der Waals surface area contributed by atoms with E-state index < -0.39 is 0 Å². The predicted octanol–water partition coefficient (Wildman–Crippen LogP) is 2.57. The molecule has 1 amide bonds. The summed E-state index contributed by atoms with van der Waals surface area (Å²) in [6, 6.07) is 2.33. The average Bonchev–Trinajstić information content (AvgIpc) is 2.91. The Morgan fingerprint density at radius 3 is 3.16 bits per heavy atom. The number of rotatable bonds is 5. The molecule has 3 nitrogen and oxygen atoms in total. The first-order valence-corrected chi connectivity index (χ1v) is 8.18. The summed E-state index contributed by atoms with van der Waals surface area (Å²) in [7, 11) is 0. The van der Waals surface area contributed by atoms with Crippen LogP contribution < -0.4 is 10.6 Å². The van der Waals surface area contributed by atoms with Crippen molar-refractivity contribution in [3.05, 3.63) is 22.4 Å². The van der Waals surface area contributed by atoms with Crippen LogP contribution in [0.25, 0.3) is 0 Å². The van der Waals surface area contributed by atoms with Crippen LogP contribution >= 0.6 is 11.3 Å². The van der Waals surface area contributed by atoms with Gasteiger partial charge in [-0.3, -0.25) is 4.79 Å². The Kier molecular flexibility index (Phi) is 5.40. The van der Waals surface area contributed by atoms with Crippen molar-refractivity contribution in [2.24, 2.45) is 5.92 Å². The quantitative estimate of drug-likeness (QED) is 0.870. The second kappa shape index (κ2) is 7.06. The third-order valence-electron chi connectivity index (χ3n) is 3.92. The molecule has 0 bridgehead atoms. The minimum absolute atomic E-state index is 0.00336. The van der Waals surface area contributed by atoms with Gasteiger partial charge in [0.1, 0.15) is 0 Å². The van der Waals surface area contributed by atoms with E-state index in [1.807, 2.05) is 0 Å². The fraction of sp³-hybridized carbons (Fsp3) is 0.667. The normalized spacial score (nSPS) is 24.9. The first-order chi connectivity index (χ1) is 9.19. The molecule has 2 N–H and O–H groups in total. The van der Waals surface area contributed by atoms with Crippen LogP contribution in [0, 0.1) is 5.92 Å². The molecule has 106 valence electrons. The minimum Gasteiger partial charge on any atom is -0.352 e. The van der Waals surface area contributed by atoms with Crippen molar-refractivity contribution in [3.63, 3.8) is 0 Å². The highest BCUT2D eigenvalue weighted by Crippen LogP contribution is 2.19. The summed E-state index contributed by atoms with van der Waals surface area (Å²) in [5.41, 5.74) is 1.31. The maximum Gasteiger partial charge on any atom is 0.237 e. The van der Waals surface area contributed by atoms with E-state index in [0.717, 1.165) is 19.4 Å². The van der Waals surface area contributed by atoms with Gasteiger partial charge in [0.15, 0.2) is 0 Å². The third-order valence-corrected chi connectivity index (χ3v) is 4.65. The van der Waals surface area contributed by atoms with Gasteiger partial charge in [-0.05, 0) is 61.0 Å². The summed E-state index contributed by atoms with van der Waals surface area (Å²) in [6.07, 6.45) is 4.27. The molecule has 1 fully saturated rings. The van der Waals surface area contributed by atoms with Crippen molar-refractivity contribution >= 4 is 17.2 Å². The molecule has 1 saturated heterocycles. The third kappa shape index (κ3) is 4.32. The zero-order chi connectivity index (χ0) is 13.7. The number of carbonyl (C=O) groups excluding carboxylic acids is 1. The van der Waals surface area contributed by atoms with Gasteiger partial charge in [-0.25, -0.2) is 0 Å². The lowest BCUT2D eigenvalue weighted by Crippen LogP contribution is -2.51. The SMILES string of the molecule is CCC1CCNC(C(=O)NC(C)Cc2ccsc2)C1. The zero-order valence-corrected chi connectivity index (χ0v) is 12.6. The van der Waals surface area contributed by atoms with E-state index in [2.05, 4.69) is 41.3 Å². The van der Waals surface area contributed by atoms with Gasteiger partial charge in [0.25, 0.3) is 0 Å². The molecule has 0 spiro atoms. The van der Waals surface area contributed by atoms with Gasteiger partial charge in [-0.1, -0.05) is 13.3 Å². The van der Waals surface area contributed by atoms with Crippen LogP contribution in [0.2, 0.25) is 0 Å². The molecular weight excluding hydrogens is 256 g/mol. The van der Waals surface area contributed by atoms with Gasteiger partial charge >= 0.3 is 0 Å². The highest BCUT2D eigenvalue weighted by atomic mass is 32.1. The monoisotopic (exact) mass is 280 g/mol. The van der Waals surface area contributed by atoms with E-state index in [0.29, 0.717) is 5.92 Å². The molecule has 2 rings (SSSR count). The van der Waals surface area contributed by atoms with E-state index in [-0.39, 0.29) is 18.0 Å². The first-order valence-electron chi connectivity index (χ1n) is 7.24. The number of hydrogen-bond acceptors (Lipinski definition) is 3. The molecule has 3 unspecified atom stereocenters. The molecule has 2 heterocycles. The van der Waals surface area contributed by atoms with E-state index in [1.165, 1.54) is 18.4 Å². The lowest BCUT2D eigenvalue weighted by atomic mass is 9.90. The Morgan fingerprint density at radius 2 is 2.47 bits per heavy atom. The van der Waals surface area contributed by atoms with E-state index in [9.17, 15) is 4.79 Å². The topological polar surface area (TPSA) is 41.1 Å². The summed E-state index contributed by atoms with van der Waals surface area (Å²) in [6.45, 7) is 5.26. The Bertz CT molecular complexity index is 391. The Balaban J connectivity index is 1.79. The number of carbonyl (C=O) groups is 1. The van der Waals surface area contributed by atoms with Crippen LogP contribution in [0.1, 0.15) is 38.7 Å². The van der Waals surface area contributed by atoms with Crippen LogP contribution in [0.5, 0.6) is 0 Å². The zero-order valence-electron chi connectivity index (χ0n) is 11.8. The fourth-order valence-electron chi connectivity index (χ4n) is 2.72. The lowest BCUT2D eigenvalue weighted by molar-refractivity contribution is -0.124. The van der Waals surface area contributed by atoms with Gasteiger partial charge in [0, 0.05) is 6.04 Å². The van der Waals surface area contributed by atoms with E-state index >= 15 is 0 Å². The summed E-state index contributed by atoms with van der Waals surface area (Å²) in [5, 5.41) is 10.7. The van der Waals surface area contributed by atoms with Crippen molar-refractivity contribution in [2.75, 3.05) is 6.54 Å². The molecule has 1 aliphatic heterocycles. The van der Waals surface area contributed by atoms with Gasteiger partial charge in [0.05, 0.1) is 6.04 Å². The van der Waals surface area contributed by atoms with Gasteiger partial charge in [-0.15, -0.1) is 0 Å². The van der Waals surface area contributed by atoms with Crippen LogP contribution in [-0.4, -0.2) is 24.5 Å². The van der Waals surface area contributed by atoms with E-state index in [1.54, 1.807) is 11.3 Å². The first kappa shape index (κ1) is 14.5. The van der Waals surface area contributed by atoms with Crippen LogP contribution in [0.4, 0.5) is 0 Å². The number of hydrogen-bond donors (Lipinski definition) is 2. The van der Waals surface area contributed by atoms with Crippen LogP contribution in [-0.2, 0) is 11.2 Å². The number of amides is 1. The van der Waals surface area contributed by atoms with Crippen molar-refractivity contribution in [2.45, 2.75) is 51.6 Å². The molecule has 0 aliphatic carbocycles. The molecule has 1 aliphatic rings. The van der Waals surface area contributed by atoms with Crippen molar-refractivity contribution in [1.29, 1.82) is 0 Å². The Morgan fingerprint density at radius 1 is 1.63 bits per heavy atom. The van der Waals surface area contributed by atoms with Gasteiger partial charge < -0.3 is 10.6 Å². The maximum atomic E-state index is 12.2. The molecule has 1 aromatic rings. The summed E-state index contributed by atoms with van der Waals surface area (Å²) < 4.78 is 0. The lowest BCUT2D eigenvalue weighted by Gasteiger charge is -2.29. The highest BCUT2D eigenvalue weighted by Gasteiger charge is 2.26. The summed E-state index contributed by atoms with van der Waals surface area (Å²) >= 11 is 1.71. The largest absolute Gasteiger partial charge is 0.352 e. The molecule has 3 atom stereocenters. The fourth-order valence-corrected chi connectivity index (χ4v) is 3.41. The predicted molar refractivity (Wildman–Crippen MR) is 80.4 cm³/mol. The highest BCUT2D eigenvalue weighted by molar-refractivity contribution is 7.07. The second-order valence-electron chi connectivity index (χ2n) is 5.55. The molecule has 4 heteroatoms. The van der Waals surface area contributed by atoms with Crippen LogP contribution in [0.3, 0.4) is 0 Å². The van der Waals surface area contributed by atoms with E-state index in [4.69, 9.17) is 0 Å². The van der Waals surface area contributed by atoms with Gasteiger partial charge in [0.2, 0.25) is 5.91 Å². The van der Waals surface area contributed by atoms with Crippen molar-refractivity contribution in [1.82, 2.24) is 10.6 Å². The minimum atomic E-state index is 0.00336. The van der Waals surface area contributed by atoms with Crippen LogP contribution in [0.15, 0.2) is 16.8 Å². The van der Waals surface area contributed by atoms with Crippen molar-refractivity contribution in [3.8, 4) is 0 Å². The maximum absolute atomic E-state index is 12.2. The van der Waals surface area contributed by atoms with Gasteiger partial charge in [-0.2, -0.15) is 11.3 Å². The Hall–Kier alpha value is -0.870. The van der Waals surface area contributed by atoms with Crippen molar-refractivity contribution < 1.29 is 4.79 Å². The summed E-state index contributed by atoms with van der Waals surface area (Å²) in [5.74, 6) is 0.866. The number of piperidine rings is 1. The number of nitrogens with one attached hydrogen (secondary N) is 2. The molecule has 1 aromatic heterocycles. The Labute approximate surface area is 119 Å². The summed E-state index contributed by atoms with van der Waals surface area (Å²) in [4.78, 5) is 12.2. The molecular formula is C15H24N2OS. The standard InChI is InChI=1S/C15H24N2OS/c1-3-12-4-6-16-14(9-12)15(18)17-11(2)8-13-5-7-19-10-13/h5,7,10-12,14,16H,3-4,6,8-9H2,1-2H3,(H,17,18). The molecule has 0 aromatic carbocycles. The average molecular weight is 280 g/mol.